The molecule has 0 saturated carbocycles. The van der Waals surface area contributed by atoms with Gasteiger partial charge in [0, 0.05) is 18.3 Å². The lowest BCUT2D eigenvalue weighted by Gasteiger charge is -2.27. The van der Waals surface area contributed by atoms with Crippen LogP contribution >= 0.6 is 0 Å². The lowest BCUT2D eigenvalue weighted by Crippen LogP contribution is -2.39. The van der Waals surface area contributed by atoms with Crippen LogP contribution in [0.3, 0.4) is 0 Å². The second-order valence-corrected chi connectivity index (χ2v) is 4.68. The molecule has 0 spiro atoms. The third-order valence-electron chi connectivity index (χ3n) is 2.82. The van der Waals surface area contributed by atoms with Gasteiger partial charge in [0.25, 0.3) is 5.91 Å². The molecule has 94 valence electrons. The van der Waals surface area contributed by atoms with Crippen LogP contribution in [0.4, 0.5) is 5.69 Å². The van der Waals surface area contributed by atoms with E-state index in [1.54, 1.807) is 33.0 Å². The number of hydrogen-bond acceptors (Lipinski definition) is 3. The number of rotatable bonds is 4. The highest BCUT2D eigenvalue weighted by Gasteiger charge is 2.21. The third kappa shape index (κ3) is 3.75. The summed E-state index contributed by atoms with van der Waals surface area (Å²) in [6.07, 6.45) is 0. The Morgan fingerprint density at radius 3 is 2.24 bits per heavy atom. The molecule has 0 aliphatic heterocycles. The van der Waals surface area contributed by atoms with Crippen molar-refractivity contribution >= 4 is 11.6 Å². The lowest BCUT2D eigenvalue weighted by molar-refractivity contribution is 0.0649. The first-order valence-electron chi connectivity index (χ1n) is 5.65. The van der Waals surface area contributed by atoms with Gasteiger partial charge in [-0.1, -0.05) is 0 Å². The normalized spacial score (nSPS) is 13.0. The Bertz CT molecular complexity index is 379. The molecule has 1 amide bonds. The predicted octanol–water partition coefficient (Wildman–Crippen LogP) is 1.62. The minimum absolute atomic E-state index is 0.0756. The fraction of sp³-hybridized carbons (Fsp3) is 0.462. The molecule has 0 bridgehead atoms. The standard InChI is InChI=1S/C13H20N2O2/c1-9(13(2,3)17)15-11-7-5-10(6-8-11)12(16)14-4/h5-9,15,17H,1-4H3,(H,14,16). The Balaban J connectivity index is 2.72. The minimum Gasteiger partial charge on any atom is -0.388 e. The Hall–Kier alpha value is -1.55. The summed E-state index contributed by atoms with van der Waals surface area (Å²) >= 11 is 0. The van der Waals surface area contributed by atoms with Gasteiger partial charge < -0.3 is 15.7 Å². The van der Waals surface area contributed by atoms with Crippen LogP contribution in [-0.2, 0) is 0 Å². The number of nitrogens with one attached hydrogen (secondary N) is 2. The van der Waals surface area contributed by atoms with E-state index >= 15 is 0 Å². The van der Waals surface area contributed by atoms with Gasteiger partial charge >= 0.3 is 0 Å². The summed E-state index contributed by atoms with van der Waals surface area (Å²) in [6, 6.07) is 7.07. The molecule has 0 aromatic heterocycles. The van der Waals surface area contributed by atoms with Crippen molar-refractivity contribution in [2.45, 2.75) is 32.4 Å². The summed E-state index contributed by atoms with van der Waals surface area (Å²) in [5.41, 5.74) is 0.709. The molecule has 0 fully saturated rings. The van der Waals surface area contributed by atoms with Crippen molar-refractivity contribution in [2.24, 2.45) is 0 Å². The van der Waals surface area contributed by atoms with Crippen molar-refractivity contribution < 1.29 is 9.90 Å². The van der Waals surface area contributed by atoms with Crippen LogP contribution in [-0.4, -0.2) is 29.7 Å². The molecule has 0 aliphatic rings. The van der Waals surface area contributed by atoms with Crippen molar-refractivity contribution in [3.63, 3.8) is 0 Å². The van der Waals surface area contributed by atoms with Gasteiger partial charge in [0.2, 0.25) is 0 Å². The Morgan fingerprint density at radius 1 is 1.29 bits per heavy atom. The van der Waals surface area contributed by atoms with Gasteiger partial charge in [0.1, 0.15) is 0 Å². The van der Waals surface area contributed by atoms with E-state index in [0.717, 1.165) is 5.69 Å². The first-order chi connectivity index (χ1) is 7.84. The smallest absolute Gasteiger partial charge is 0.251 e. The topological polar surface area (TPSA) is 61.4 Å². The summed E-state index contributed by atoms with van der Waals surface area (Å²) < 4.78 is 0. The molecule has 1 aromatic carbocycles. The quantitative estimate of drug-likeness (QED) is 0.744. The van der Waals surface area contributed by atoms with Crippen LogP contribution in [0.2, 0.25) is 0 Å². The largest absolute Gasteiger partial charge is 0.388 e. The molecular weight excluding hydrogens is 216 g/mol. The fourth-order valence-corrected chi connectivity index (χ4v) is 1.29. The number of hydrogen-bond donors (Lipinski definition) is 3. The monoisotopic (exact) mass is 236 g/mol. The van der Waals surface area contributed by atoms with Crippen LogP contribution in [0.15, 0.2) is 24.3 Å². The number of benzene rings is 1. The Labute approximate surface area is 102 Å². The van der Waals surface area contributed by atoms with E-state index in [-0.39, 0.29) is 11.9 Å². The van der Waals surface area contributed by atoms with Gasteiger partial charge in [-0.15, -0.1) is 0 Å². The van der Waals surface area contributed by atoms with Crippen LogP contribution in [0, 0.1) is 0 Å². The van der Waals surface area contributed by atoms with Crippen molar-refractivity contribution in [2.75, 3.05) is 12.4 Å². The SMILES string of the molecule is CNC(=O)c1ccc(NC(C)C(C)(C)O)cc1. The molecule has 1 aromatic rings. The van der Waals surface area contributed by atoms with E-state index in [2.05, 4.69) is 10.6 Å². The highest BCUT2D eigenvalue weighted by Crippen LogP contribution is 2.16. The maximum atomic E-state index is 11.3. The third-order valence-corrected chi connectivity index (χ3v) is 2.82. The van der Waals surface area contributed by atoms with Crippen molar-refractivity contribution in [3.8, 4) is 0 Å². The van der Waals surface area contributed by atoms with Gasteiger partial charge in [0.05, 0.1) is 11.6 Å². The Morgan fingerprint density at radius 2 is 1.82 bits per heavy atom. The zero-order valence-corrected chi connectivity index (χ0v) is 10.7. The van der Waals surface area contributed by atoms with Crippen molar-refractivity contribution in [1.29, 1.82) is 0 Å². The molecule has 1 atom stereocenters. The second kappa shape index (κ2) is 5.19. The summed E-state index contributed by atoms with van der Waals surface area (Å²) in [7, 11) is 1.60. The van der Waals surface area contributed by atoms with Crippen LogP contribution in [0.25, 0.3) is 0 Å². The molecular formula is C13H20N2O2. The second-order valence-electron chi connectivity index (χ2n) is 4.68. The van der Waals surface area contributed by atoms with Gasteiger partial charge in [-0.05, 0) is 45.0 Å². The van der Waals surface area contributed by atoms with E-state index in [4.69, 9.17) is 0 Å². The molecule has 0 heterocycles. The first-order valence-corrected chi connectivity index (χ1v) is 5.65. The molecule has 4 heteroatoms. The van der Waals surface area contributed by atoms with Crippen LogP contribution < -0.4 is 10.6 Å². The van der Waals surface area contributed by atoms with E-state index in [0.29, 0.717) is 5.56 Å². The summed E-state index contributed by atoms with van der Waals surface area (Å²) in [6.45, 7) is 5.42. The highest BCUT2D eigenvalue weighted by atomic mass is 16.3. The number of aliphatic hydroxyl groups is 1. The molecule has 3 N–H and O–H groups in total. The van der Waals surface area contributed by atoms with Gasteiger partial charge in [-0.2, -0.15) is 0 Å². The molecule has 1 rings (SSSR count). The van der Waals surface area contributed by atoms with Gasteiger partial charge in [0.15, 0.2) is 0 Å². The molecule has 0 saturated heterocycles. The average Bonchev–Trinajstić information content (AvgIpc) is 2.27. The minimum atomic E-state index is -0.792. The number of carbonyl (C=O) groups excluding carboxylic acids is 1. The zero-order valence-electron chi connectivity index (χ0n) is 10.7. The Kier molecular flexibility index (Phi) is 4.12. The summed E-state index contributed by atoms with van der Waals surface area (Å²) in [4.78, 5) is 11.3. The molecule has 1 unspecified atom stereocenters. The molecule has 17 heavy (non-hydrogen) atoms. The summed E-state index contributed by atoms with van der Waals surface area (Å²) in [5, 5.41) is 15.6. The number of amides is 1. The summed E-state index contributed by atoms with van der Waals surface area (Å²) in [5.74, 6) is -0.105. The van der Waals surface area contributed by atoms with E-state index in [1.807, 2.05) is 19.1 Å². The number of carbonyl (C=O) groups is 1. The molecule has 0 aliphatic carbocycles. The molecule has 0 radical (unpaired) electrons. The highest BCUT2D eigenvalue weighted by molar-refractivity contribution is 5.94. The van der Waals surface area contributed by atoms with Gasteiger partial charge in [-0.25, -0.2) is 0 Å². The van der Waals surface area contributed by atoms with Crippen LogP contribution in [0.1, 0.15) is 31.1 Å². The first kappa shape index (κ1) is 13.5. The molecule has 4 nitrogen and oxygen atoms in total. The lowest BCUT2D eigenvalue weighted by atomic mass is 10.0. The zero-order chi connectivity index (χ0) is 13.1. The number of anilines is 1. The average molecular weight is 236 g/mol. The maximum absolute atomic E-state index is 11.3. The van der Waals surface area contributed by atoms with E-state index < -0.39 is 5.60 Å². The fourth-order valence-electron chi connectivity index (χ4n) is 1.29. The van der Waals surface area contributed by atoms with Crippen molar-refractivity contribution in [1.82, 2.24) is 5.32 Å². The van der Waals surface area contributed by atoms with Crippen LogP contribution in [0.5, 0.6) is 0 Å². The maximum Gasteiger partial charge on any atom is 0.251 e. The van der Waals surface area contributed by atoms with E-state index in [1.165, 1.54) is 0 Å². The van der Waals surface area contributed by atoms with E-state index in [9.17, 15) is 9.90 Å². The van der Waals surface area contributed by atoms with Gasteiger partial charge in [-0.3, -0.25) is 4.79 Å². The predicted molar refractivity (Wildman–Crippen MR) is 69.2 cm³/mol. The van der Waals surface area contributed by atoms with Crippen molar-refractivity contribution in [3.05, 3.63) is 29.8 Å².